The maximum Gasteiger partial charge on any atom is 0.227 e. The molecular formula is C22H28N4O. The molecule has 2 aliphatic rings. The average Bonchev–Trinajstić information content (AvgIpc) is 2.92. The van der Waals surface area contributed by atoms with Crippen molar-refractivity contribution < 1.29 is 4.79 Å². The molecule has 0 spiro atoms. The van der Waals surface area contributed by atoms with Crippen molar-refractivity contribution in [1.29, 1.82) is 0 Å². The van der Waals surface area contributed by atoms with Crippen LogP contribution in [0.3, 0.4) is 0 Å². The first-order valence-corrected chi connectivity index (χ1v) is 9.98. The largest absolute Gasteiger partial charge is 0.312 e. The van der Waals surface area contributed by atoms with Crippen LogP contribution in [0.25, 0.3) is 0 Å². The SMILES string of the molecule is O=C1C[C@@H](CN2CCCN(Cc3ccccn3)CC2)CN1c1ccccc1. The summed E-state index contributed by atoms with van der Waals surface area (Å²) in [4.78, 5) is 23.9. The summed E-state index contributed by atoms with van der Waals surface area (Å²) in [5.74, 6) is 0.692. The molecule has 0 radical (unpaired) electrons. The molecule has 0 saturated carbocycles. The minimum atomic E-state index is 0.262. The molecule has 1 aromatic carbocycles. The second kappa shape index (κ2) is 8.63. The van der Waals surface area contributed by atoms with Crippen molar-refractivity contribution in [3.05, 3.63) is 60.4 Å². The number of aromatic nitrogens is 1. The van der Waals surface area contributed by atoms with E-state index in [2.05, 4.69) is 26.9 Å². The van der Waals surface area contributed by atoms with Gasteiger partial charge in [-0.3, -0.25) is 14.7 Å². The van der Waals surface area contributed by atoms with Crippen LogP contribution in [0.1, 0.15) is 18.5 Å². The van der Waals surface area contributed by atoms with Crippen molar-refractivity contribution in [2.45, 2.75) is 19.4 Å². The third-order valence-corrected chi connectivity index (χ3v) is 5.58. The number of rotatable bonds is 5. The van der Waals surface area contributed by atoms with Crippen molar-refractivity contribution in [3.8, 4) is 0 Å². The van der Waals surface area contributed by atoms with Crippen LogP contribution >= 0.6 is 0 Å². The number of para-hydroxylation sites is 1. The summed E-state index contributed by atoms with van der Waals surface area (Å²) in [6.07, 6.45) is 3.72. The zero-order valence-corrected chi connectivity index (χ0v) is 15.8. The van der Waals surface area contributed by atoms with E-state index in [0.717, 1.165) is 57.2 Å². The van der Waals surface area contributed by atoms with Crippen molar-refractivity contribution in [2.24, 2.45) is 5.92 Å². The fourth-order valence-electron chi connectivity index (χ4n) is 4.21. The third-order valence-electron chi connectivity index (χ3n) is 5.58. The minimum Gasteiger partial charge on any atom is -0.312 e. The second-order valence-corrected chi connectivity index (χ2v) is 7.66. The van der Waals surface area contributed by atoms with Gasteiger partial charge in [-0.1, -0.05) is 24.3 Å². The van der Waals surface area contributed by atoms with E-state index in [1.165, 1.54) is 6.42 Å². The van der Waals surface area contributed by atoms with Gasteiger partial charge in [-0.2, -0.15) is 0 Å². The van der Waals surface area contributed by atoms with Crippen LogP contribution in [0.2, 0.25) is 0 Å². The molecule has 3 heterocycles. The molecule has 2 aliphatic heterocycles. The Labute approximate surface area is 161 Å². The predicted octanol–water partition coefficient (Wildman–Crippen LogP) is 2.64. The predicted molar refractivity (Wildman–Crippen MR) is 107 cm³/mol. The first-order valence-electron chi connectivity index (χ1n) is 9.98. The fraction of sp³-hybridized carbons (Fsp3) is 0.455. The number of anilines is 1. The average molecular weight is 364 g/mol. The Bertz CT molecular complexity index is 736. The number of carbonyl (C=O) groups is 1. The number of hydrogen-bond donors (Lipinski definition) is 0. The molecule has 1 aromatic heterocycles. The van der Waals surface area contributed by atoms with Gasteiger partial charge in [0, 0.05) is 51.0 Å². The van der Waals surface area contributed by atoms with Crippen LogP contribution in [0.4, 0.5) is 5.69 Å². The lowest BCUT2D eigenvalue weighted by Gasteiger charge is -2.24. The monoisotopic (exact) mass is 364 g/mol. The van der Waals surface area contributed by atoms with Crippen molar-refractivity contribution in [3.63, 3.8) is 0 Å². The molecule has 0 aliphatic carbocycles. The van der Waals surface area contributed by atoms with Gasteiger partial charge in [0.1, 0.15) is 0 Å². The molecule has 5 nitrogen and oxygen atoms in total. The number of carbonyl (C=O) groups excluding carboxylic acids is 1. The van der Waals surface area contributed by atoms with Crippen molar-refractivity contribution in [2.75, 3.05) is 44.2 Å². The standard InChI is InChI=1S/C22H28N4O/c27-22-15-19(17-26(22)21-8-2-1-3-9-21)16-24-11-6-12-25(14-13-24)18-20-7-4-5-10-23-20/h1-5,7-10,19H,6,11-18H2/t19-/m0/s1. The molecule has 1 amide bonds. The maximum atomic E-state index is 12.4. The first-order chi connectivity index (χ1) is 13.3. The highest BCUT2D eigenvalue weighted by Gasteiger charge is 2.32. The Morgan fingerprint density at radius 2 is 1.70 bits per heavy atom. The van der Waals surface area contributed by atoms with Crippen LogP contribution in [0.5, 0.6) is 0 Å². The minimum absolute atomic E-state index is 0.262. The van der Waals surface area contributed by atoms with Crippen LogP contribution in [0.15, 0.2) is 54.7 Å². The highest BCUT2D eigenvalue weighted by atomic mass is 16.2. The molecule has 2 saturated heterocycles. The van der Waals surface area contributed by atoms with Gasteiger partial charge in [0.05, 0.1) is 5.69 Å². The molecule has 5 heteroatoms. The van der Waals surface area contributed by atoms with E-state index in [4.69, 9.17) is 0 Å². The summed E-state index contributed by atoms with van der Waals surface area (Å²) in [6.45, 7) is 7.17. The van der Waals surface area contributed by atoms with E-state index >= 15 is 0 Å². The molecule has 27 heavy (non-hydrogen) atoms. The third kappa shape index (κ3) is 4.73. The Kier molecular flexibility index (Phi) is 5.80. The lowest BCUT2D eigenvalue weighted by molar-refractivity contribution is -0.117. The summed E-state index contributed by atoms with van der Waals surface area (Å²) in [5.41, 5.74) is 2.17. The van der Waals surface area contributed by atoms with Gasteiger partial charge in [-0.15, -0.1) is 0 Å². The highest BCUT2D eigenvalue weighted by molar-refractivity contribution is 5.95. The number of amides is 1. The Hall–Kier alpha value is -2.24. The normalized spacial score (nSPS) is 22.1. The van der Waals surface area contributed by atoms with E-state index in [-0.39, 0.29) is 5.91 Å². The van der Waals surface area contributed by atoms with E-state index in [9.17, 15) is 4.79 Å². The van der Waals surface area contributed by atoms with Gasteiger partial charge in [0.2, 0.25) is 5.91 Å². The number of pyridine rings is 1. The molecule has 0 bridgehead atoms. The van der Waals surface area contributed by atoms with Crippen LogP contribution in [0, 0.1) is 5.92 Å². The van der Waals surface area contributed by atoms with E-state index in [1.807, 2.05) is 47.5 Å². The van der Waals surface area contributed by atoms with Crippen LogP contribution in [-0.4, -0.2) is 60.0 Å². The highest BCUT2D eigenvalue weighted by Crippen LogP contribution is 2.25. The quantitative estimate of drug-likeness (QED) is 0.818. The molecular weight excluding hydrogens is 336 g/mol. The summed E-state index contributed by atoms with van der Waals surface area (Å²) in [7, 11) is 0. The molecule has 0 unspecified atom stereocenters. The lowest BCUT2D eigenvalue weighted by Crippen LogP contribution is -2.35. The van der Waals surface area contributed by atoms with Gasteiger partial charge in [0.25, 0.3) is 0 Å². The van der Waals surface area contributed by atoms with E-state index in [0.29, 0.717) is 12.3 Å². The molecule has 2 fully saturated rings. The van der Waals surface area contributed by atoms with Crippen molar-refractivity contribution in [1.82, 2.24) is 14.8 Å². The molecule has 1 atom stereocenters. The van der Waals surface area contributed by atoms with E-state index in [1.54, 1.807) is 0 Å². The lowest BCUT2D eigenvalue weighted by atomic mass is 10.1. The zero-order chi connectivity index (χ0) is 18.5. The van der Waals surface area contributed by atoms with Crippen LogP contribution < -0.4 is 4.90 Å². The smallest absolute Gasteiger partial charge is 0.227 e. The Balaban J connectivity index is 1.28. The van der Waals surface area contributed by atoms with Gasteiger partial charge >= 0.3 is 0 Å². The Morgan fingerprint density at radius 1 is 0.926 bits per heavy atom. The maximum absolute atomic E-state index is 12.4. The summed E-state index contributed by atoms with van der Waals surface area (Å²) in [5, 5.41) is 0. The number of nitrogens with zero attached hydrogens (tertiary/aromatic N) is 4. The second-order valence-electron chi connectivity index (χ2n) is 7.66. The molecule has 4 rings (SSSR count). The number of hydrogen-bond acceptors (Lipinski definition) is 4. The first kappa shape index (κ1) is 18.1. The fourth-order valence-corrected chi connectivity index (χ4v) is 4.21. The Morgan fingerprint density at radius 3 is 2.52 bits per heavy atom. The topological polar surface area (TPSA) is 39.7 Å². The molecule has 2 aromatic rings. The van der Waals surface area contributed by atoms with Gasteiger partial charge < -0.3 is 9.80 Å². The zero-order valence-electron chi connectivity index (χ0n) is 15.8. The molecule has 0 N–H and O–H groups in total. The summed E-state index contributed by atoms with van der Waals surface area (Å²) >= 11 is 0. The van der Waals surface area contributed by atoms with E-state index < -0.39 is 0 Å². The van der Waals surface area contributed by atoms with Gasteiger partial charge in [0.15, 0.2) is 0 Å². The van der Waals surface area contributed by atoms with Crippen LogP contribution in [-0.2, 0) is 11.3 Å². The number of benzene rings is 1. The molecule has 142 valence electrons. The van der Waals surface area contributed by atoms with Gasteiger partial charge in [-0.05, 0) is 49.7 Å². The summed E-state index contributed by atoms with van der Waals surface area (Å²) in [6, 6.07) is 16.2. The van der Waals surface area contributed by atoms with Crippen molar-refractivity contribution >= 4 is 11.6 Å². The summed E-state index contributed by atoms with van der Waals surface area (Å²) < 4.78 is 0. The van der Waals surface area contributed by atoms with Gasteiger partial charge in [-0.25, -0.2) is 0 Å².